The van der Waals surface area contributed by atoms with Crippen LogP contribution in [0.5, 0.6) is 0 Å². The maximum absolute atomic E-state index is 12.4. The van der Waals surface area contributed by atoms with Gasteiger partial charge in [-0.15, -0.1) is 11.8 Å². The molecule has 0 fully saturated rings. The molecule has 162 valence electrons. The maximum Gasteiger partial charge on any atom is 0.331 e. The van der Waals surface area contributed by atoms with Crippen molar-refractivity contribution in [3.05, 3.63) is 60.2 Å². The monoisotopic (exact) mass is 441 g/mol. The van der Waals surface area contributed by atoms with Crippen molar-refractivity contribution in [3.63, 3.8) is 0 Å². The lowest BCUT2D eigenvalue weighted by Gasteiger charge is -2.13. The van der Waals surface area contributed by atoms with Crippen LogP contribution in [-0.4, -0.2) is 34.0 Å². The Kier molecular flexibility index (Phi) is 8.39. The third-order valence-corrected chi connectivity index (χ3v) is 5.07. The molecule has 0 saturated heterocycles. The molecule has 0 bridgehead atoms. The topological polar surface area (TPSA) is 125 Å². The Morgan fingerprint density at radius 1 is 0.839 bits per heavy atom. The van der Waals surface area contributed by atoms with Gasteiger partial charge in [0.2, 0.25) is 17.7 Å². The normalized spacial score (nSPS) is 11.9. The van der Waals surface area contributed by atoms with Crippen LogP contribution >= 0.6 is 11.8 Å². The first-order valence-corrected chi connectivity index (χ1v) is 10.2. The maximum atomic E-state index is 12.4. The molecule has 0 saturated carbocycles. The van der Waals surface area contributed by atoms with Gasteiger partial charge in [0.15, 0.2) is 0 Å². The van der Waals surface area contributed by atoms with Crippen LogP contribution in [0.25, 0.3) is 0 Å². The second-order valence-corrected chi connectivity index (χ2v) is 8.07. The number of hydrogen-bond acceptors (Lipinski definition) is 5. The smallest absolute Gasteiger partial charge is 0.331 e. The molecule has 8 nitrogen and oxygen atoms in total. The third-order valence-electron chi connectivity index (χ3n) is 3.96. The molecule has 0 heterocycles. The minimum absolute atomic E-state index is 0.0609. The molecule has 1 atom stereocenters. The predicted molar refractivity (Wildman–Crippen MR) is 121 cm³/mol. The fraction of sp³-hybridized carbons (Fsp3) is 0.182. The van der Waals surface area contributed by atoms with Gasteiger partial charge < -0.3 is 21.1 Å². The summed E-state index contributed by atoms with van der Waals surface area (Å²) in [6.45, 7) is 4.54. The Bertz CT molecular complexity index is 1000. The summed E-state index contributed by atoms with van der Waals surface area (Å²) in [4.78, 5) is 46.9. The van der Waals surface area contributed by atoms with Crippen LogP contribution in [0.15, 0.2) is 65.1 Å². The number of amides is 3. The number of benzene rings is 2. The summed E-state index contributed by atoms with van der Waals surface area (Å²) in [6.07, 6.45) is 1.01. The van der Waals surface area contributed by atoms with E-state index in [0.717, 1.165) is 11.0 Å². The molecular weight excluding hydrogens is 418 g/mol. The Balaban J connectivity index is 1.90. The van der Waals surface area contributed by atoms with E-state index in [-0.39, 0.29) is 22.6 Å². The van der Waals surface area contributed by atoms with Gasteiger partial charge in [0.1, 0.15) is 0 Å². The van der Waals surface area contributed by atoms with Crippen molar-refractivity contribution in [3.8, 4) is 0 Å². The molecule has 0 aliphatic carbocycles. The molecule has 1 unspecified atom stereocenters. The number of rotatable bonds is 8. The number of carboxylic acid groups (broad SMARTS) is 1. The third kappa shape index (κ3) is 7.98. The highest BCUT2D eigenvalue weighted by atomic mass is 32.2. The minimum atomic E-state index is -1.15. The summed E-state index contributed by atoms with van der Waals surface area (Å²) in [5.74, 6) is -2.03. The Morgan fingerprint density at radius 3 is 1.84 bits per heavy atom. The first-order chi connectivity index (χ1) is 14.6. The molecule has 0 aliphatic rings. The van der Waals surface area contributed by atoms with E-state index in [1.54, 1.807) is 55.5 Å². The SMILES string of the molecule is CC(=O)Nc1ccc(NC(=O)C(C)Sc2ccc(NC(=O)C=C(C)C(=O)O)cc2)cc1. The van der Waals surface area contributed by atoms with Crippen molar-refractivity contribution in [1.29, 1.82) is 0 Å². The van der Waals surface area contributed by atoms with E-state index in [1.807, 2.05) is 0 Å². The summed E-state index contributed by atoms with van der Waals surface area (Å²) >= 11 is 1.35. The average Bonchev–Trinajstić information content (AvgIpc) is 2.70. The van der Waals surface area contributed by atoms with Gasteiger partial charge in [-0.05, 0) is 62.4 Å². The van der Waals surface area contributed by atoms with E-state index >= 15 is 0 Å². The zero-order valence-electron chi connectivity index (χ0n) is 17.3. The standard InChI is InChI=1S/C22H23N3O5S/c1-13(22(29)30)12-20(27)24-17-8-10-19(11-9-17)31-14(2)21(28)25-18-6-4-16(5-7-18)23-15(3)26/h4-12,14H,1-3H3,(H,23,26)(H,24,27)(H,25,28)(H,29,30). The van der Waals surface area contributed by atoms with Gasteiger partial charge in [0, 0.05) is 40.5 Å². The van der Waals surface area contributed by atoms with Crippen LogP contribution in [0.2, 0.25) is 0 Å². The van der Waals surface area contributed by atoms with Crippen molar-refractivity contribution in [2.75, 3.05) is 16.0 Å². The van der Waals surface area contributed by atoms with E-state index in [0.29, 0.717) is 17.1 Å². The number of nitrogens with one attached hydrogen (secondary N) is 3. The number of thioether (sulfide) groups is 1. The lowest BCUT2D eigenvalue weighted by Crippen LogP contribution is -2.22. The summed E-state index contributed by atoms with van der Waals surface area (Å²) < 4.78 is 0. The molecule has 31 heavy (non-hydrogen) atoms. The summed E-state index contributed by atoms with van der Waals surface area (Å²) in [6, 6.07) is 13.7. The number of carbonyl (C=O) groups excluding carboxylic acids is 3. The molecule has 4 N–H and O–H groups in total. The lowest BCUT2D eigenvalue weighted by molar-refractivity contribution is -0.132. The summed E-state index contributed by atoms with van der Waals surface area (Å²) in [5, 5.41) is 16.5. The first-order valence-electron chi connectivity index (χ1n) is 9.32. The molecule has 2 aromatic carbocycles. The number of aliphatic carboxylic acids is 1. The molecular formula is C22H23N3O5S. The fourth-order valence-corrected chi connectivity index (χ4v) is 3.26. The van der Waals surface area contributed by atoms with Crippen molar-refractivity contribution in [2.45, 2.75) is 30.9 Å². The van der Waals surface area contributed by atoms with Gasteiger partial charge >= 0.3 is 5.97 Å². The second kappa shape index (κ2) is 11.0. The molecule has 3 amide bonds. The van der Waals surface area contributed by atoms with E-state index in [2.05, 4.69) is 16.0 Å². The van der Waals surface area contributed by atoms with E-state index in [4.69, 9.17) is 5.11 Å². The Morgan fingerprint density at radius 2 is 1.32 bits per heavy atom. The predicted octanol–water partition coefficient (Wildman–Crippen LogP) is 3.73. The number of carboxylic acids is 1. The first kappa shape index (κ1) is 23.7. The van der Waals surface area contributed by atoms with Crippen LogP contribution in [-0.2, 0) is 19.2 Å². The molecule has 0 radical (unpaired) electrons. The molecule has 2 rings (SSSR count). The highest BCUT2D eigenvalue weighted by molar-refractivity contribution is 8.00. The van der Waals surface area contributed by atoms with E-state index < -0.39 is 11.9 Å². The second-order valence-electron chi connectivity index (χ2n) is 6.65. The van der Waals surface area contributed by atoms with Crippen LogP contribution in [0, 0.1) is 0 Å². The molecule has 2 aromatic rings. The van der Waals surface area contributed by atoms with Crippen LogP contribution < -0.4 is 16.0 Å². The van der Waals surface area contributed by atoms with Gasteiger partial charge in [-0.3, -0.25) is 14.4 Å². The molecule has 9 heteroatoms. The van der Waals surface area contributed by atoms with Gasteiger partial charge in [-0.2, -0.15) is 0 Å². The highest BCUT2D eigenvalue weighted by Crippen LogP contribution is 2.26. The minimum Gasteiger partial charge on any atom is -0.478 e. The van der Waals surface area contributed by atoms with Gasteiger partial charge in [0.05, 0.1) is 5.25 Å². The van der Waals surface area contributed by atoms with Gasteiger partial charge in [0.25, 0.3) is 0 Å². The highest BCUT2D eigenvalue weighted by Gasteiger charge is 2.15. The number of anilines is 3. The quantitative estimate of drug-likeness (QED) is 0.365. The average molecular weight is 442 g/mol. The van der Waals surface area contributed by atoms with Crippen molar-refractivity contribution >= 4 is 52.5 Å². The van der Waals surface area contributed by atoms with Gasteiger partial charge in [-0.25, -0.2) is 4.79 Å². The molecule has 0 aromatic heterocycles. The Hall–Kier alpha value is -3.59. The van der Waals surface area contributed by atoms with E-state index in [9.17, 15) is 19.2 Å². The number of carbonyl (C=O) groups is 4. The van der Waals surface area contributed by atoms with Crippen molar-refractivity contribution in [1.82, 2.24) is 0 Å². The lowest BCUT2D eigenvalue weighted by atomic mass is 10.2. The van der Waals surface area contributed by atoms with Gasteiger partial charge in [-0.1, -0.05) is 0 Å². The Labute approximate surface area is 184 Å². The van der Waals surface area contributed by atoms with Crippen molar-refractivity contribution in [2.24, 2.45) is 0 Å². The molecule has 0 aliphatic heterocycles. The van der Waals surface area contributed by atoms with E-state index in [1.165, 1.54) is 25.6 Å². The van der Waals surface area contributed by atoms with Crippen LogP contribution in [0.3, 0.4) is 0 Å². The zero-order valence-corrected chi connectivity index (χ0v) is 18.1. The molecule has 0 spiro atoms. The van der Waals surface area contributed by atoms with Crippen molar-refractivity contribution < 1.29 is 24.3 Å². The fourth-order valence-electron chi connectivity index (χ4n) is 2.40. The largest absolute Gasteiger partial charge is 0.478 e. The number of hydrogen-bond donors (Lipinski definition) is 4. The zero-order chi connectivity index (χ0) is 23.0. The van der Waals surface area contributed by atoms with Crippen LogP contribution in [0.1, 0.15) is 20.8 Å². The summed E-state index contributed by atoms with van der Waals surface area (Å²) in [5.41, 5.74) is 1.72. The van der Waals surface area contributed by atoms with Crippen LogP contribution in [0.4, 0.5) is 17.1 Å². The summed E-state index contributed by atoms with van der Waals surface area (Å²) in [7, 11) is 0.